The minimum atomic E-state index is -0.206. The second-order valence-corrected chi connectivity index (χ2v) is 6.59. The smallest absolute Gasteiger partial charge is 0.231 e. The Morgan fingerprint density at radius 2 is 2.12 bits per heavy atom. The first-order chi connectivity index (χ1) is 12.7. The summed E-state index contributed by atoms with van der Waals surface area (Å²) in [5, 5.41) is 0. The second kappa shape index (κ2) is 7.51. The summed E-state index contributed by atoms with van der Waals surface area (Å²) >= 11 is 0. The van der Waals surface area contributed by atoms with E-state index < -0.39 is 0 Å². The standard InChI is InChI=1S/C20H22FNO4/c1-23-18-9-15(10-19-20(18)26-13-25-19)11-22-5-6-24-17(12-22)8-14-3-2-4-16(21)7-14/h2-4,7,9-10,17H,5-6,8,11-13H2,1H3. The van der Waals surface area contributed by atoms with E-state index in [4.69, 9.17) is 18.9 Å². The number of morpholine rings is 1. The Hall–Kier alpha value is -2.31. The van der Waals surface area contributed by atoms with Gasteiger partial charge in [0, 0.05) is 19.6 Å². The zero-order valence-electron chi connectivity index (χ0n) is 14.7. The molecule has 2 aliphatic heterocycles. The molecule has 1 atom stereocenters. The lowest BCUT2D eigenvalue weighted by Crippen LogP contribution is -2.42. The Kier molecular flexibility index (Phi) is 4.95. The van der Waals surface area contributed by atoms with E-state index in [1.54, 1.807) is 19.2 Å². The molecule has 0 N–H and O–H groups in total. The fourth-order valence-corrected chi connectivity index (χ4v) is 3.51. The molecule has 1 saturated heterocycles. The molecule has 0 aromatic heterocycles. The Labute approximate surface area is 152 Å². The first kappa shape index (κ1) is 17.1. The number of hydrogen-bond acceptors (Lipinski definition) is 5. The van der Waals surface area contributed by atoms with Gasteiger partial charge >= 0.3 is 0 Å². The molecule has 0 radical (unpaired) electrons. The third-order valence-corrected chi connectivity index (χ3v) is 4.70. The molecule has 2 aromatic carbocycles. The Bertz CT molecular complexity index is 782. The Morgan fingerprint density at radius 1 is 1.19 bits per heavy atom. The molecule has 6 heteroatoms. The summed E-state index contributed by atoms with van der Waals surface area (Å²) in [6.07, 6.45) is 0.764. The first-order valence-electron chi connectivity index (χ1n) is 8.76. The lowest BCUT2D eigenvalue weighted by Gasteiger charge is -2.33. The maximum atomic E-state index is 13.4. The molecule has 0 spiro atoms. The second-order valence-electron chi connectivity index (χ2n) is 6.59. The monoisotopic (exact) mass is 359 g/mol. The van der Waals surface area contributed by atoms with Crippen LogP contribution >= 0.6 is 0 Å². The van der Waals surface area contributed by atoms with Crippen LogP contribution in [0.15, 0.2) is 36.4 Å². The first-order valence-corrected chi connectivity index (χ1v) is 8.76. The molecule has 5 nitrogen and oxygen atoms in total. The van der Waals surface area contributed by atoms with Crippen molar-refractivity contribution in [1.29, 1.82) is 0 Å². The van der Waals surface area contributed by atoms with Crippen molar-refractivity contribution in [2.75, 3.05) is 33.6 Å². The summed E-state index contributed by atoms with van der Waals surface area (Å²) in [7, 11) is 1.63. The highest BCUT2D eigenvalue weighted by molar-refractivity contribution is 5.55. The van der Waals surface area contributed by atoms with Crippen LogP contribution in [0.2, 0.25) is 0 Å². The van der Waals surface area contributed by atoms with Gasteiger partial charge in [0.25, 0.3) is 0 Å². The fraction of sp³-hybridized carbons (Fsp3) is 0.400. The molecule has 0 bridgehead atoms. The molecule has 1 fully saturated rings. The third kappa shape index (κ3) is 3.76. The average molecular weight is 359 g/mol. The topological polar surface area (TPSA) is 40.2 Å². The Morgan fingerprint density at radius 3 is 2.96 bits per heavy atom. The molecule has 0 amide bonds. The van der Waals surface area contributed by atoms with E-state index in [0.717, 1.165) is 36.5 Å². The number of fused-ring (bicyclic) bond motifs is 1. The van der Waals surface area contributed by atoms with Crippen molar-refractivity contribution in [3.8, 4) is 17.2 Å². The highest BCUT2D eigenvalue weighted by atomic mass is 19.1. The molecule has 2 heterocycles. The van der Waals surface area contributed by atoms with Gasteiger partial charge in [-0.25, -0.2) is 4.39 Å². The summed E-state index contributed by atoms with van der Waals surface area (Å²) in [6, 6.07) is 10.7. The van der Waals surface area contributed by atoms with Gasteiger partial charge in [0.15, 0.2) is 11.5 Å². The van der Waals surface area contributed by atoms with E-state index in [9.17, 15) is 4.39 Å². The van der Waals surface area contributed by atoms with Crippen LogP contribution in [0, 0.1) is 5.82 Å². The lowest BCUT2D eigenvalue weighted by molar-refractivity contribution is -0.0305. The number of hydrogen-bond donors (Lipinski definition) is 0. The zero-order chi connectivity index (χ0) is 17.9. The summed E-state index contributed by atoms with van der Waals surface area (Å²) in [5.74, 6) is 1.88. The quantitative estimate of drug-likeness (QED) is 0.821. The van der Waals surface area contributed by atoms with Gasteiger partial charge in [-0.1, -0.05) is 12.1 Å². The van der Waals surface area contributed by atoms with E-state index in [0.29, 0.717) is 24.5 Å². The lowest BCUT2D eigenvalue weighted by atomic mass is 10.1. The van der Waals surface area contributed by atoms with Crippen LogP contribution in [-0.4, -0.2) is 44.6 Å². The van der Waals surface area contributed by atoms with Crippen molar-refractivity contribution in [3.05, 3.63) is 53.3 Å². The number of nitrogens with zero attached hydrogens (tertiary/aromatic N) is 1. The Balaban J connectivity index is 1.42. The summed E-state index contributed by atoms with van der Waals surface area (Å²) < 4.78 is 35.6. The number of rotatable bonds is 5. The normalized spacial score (nSPS) is 19.5. The van der Waals surface area contributed by atoms with Crippen LogP contribution in [0.5, 0.6) is 17.2 Å². The van der Waals surface area contributed by atoms with Crippen molar-refractivity contribution in [2.24, 2.45) is 0 Å². The van der Waals surface area contributed by atoms with Crippen LogP contribution in [0.3, 0.4) is 0 Å². The summed E-state index contributed by atoms with van der Waals surface area (Å²) in [5.41, 5.74) is 2.07. The molecule has 0 aliphatic carbocycles. The van der Waals surface area contributed by atoms with E-state index in [1.807, 2.05) is 18.2 Å². The molecule has 1 unspecified atom stereocenters. The van der Waals surface area contributed by atoms with Crippen molar-refractivity contribution in [1.82, 2.24) is 4.90 Å². The number of benzene rings is 2. The maximum Gasteiger partial charge on any atom is 0.231 e. The highest BCUT2D eigenvalue weighted by Gasteiger charge is 2.24. The van der Waals surface area contributed by atoms with Gasteiger partial charge in [-0.2, -0.15) is 0 Å². The largest absolute Gasteiger partial charge is 0.493 e. The zero-order valence-corrected chi connectivity index (χ0v) is 14.7. The molecule has 138 valence electrons. The maximum absolute atomic E-state index is 13.4. The van der Waals surface area contributed by atoms with Gasteiger partial charge in [-0.05, 0) is 41.8 Å². The van der Waals surface area contributed by atoms with Gasteiger partial charge in [0.05, 0.1) is 19.8 Å². The average Bonchev–Trinajstić information content (AvgIpc) is 3.10. The van der Waals surface area contributed by atoms with E-state index in [-0.39, 0.29) is 18.7 Å². The minimum Gasteiger partial charge on any atom is -0.493 e. The van der Waals surface area contributed by atoms with E-state index in [1.165, 1.54) is 6.07 Å². The van der Waals surface area contributed by atoms with Gasteiger partial charge < -0.3 is 18.9 Å². The van der Waals surface area contributed by atoms with Crippen LogP contribution in [0.4, 0.5) is 4.39 Å². The van der Waals surface area contributed by atoms with Crippen LogP contribution < -0.4 is 14.2 Å². The van der Waals surface area contributed by atoms with E-state index >= 15 is 0 Å². The highest BCUT2D eigenvalue weighted by Crippen LogP contribution is 2.42. The summed E-state index contributed by atoms with van der Waals surface area (Å²) in [6.45, 7) is 3.32. The van der Waals surface area contributed by atoms with Gasteiger partial charge in [0.1, 0.15) is 5.82 Å². The molecule has 2 aliphatic rings. The SMILES string of the molecule is COc1cc(CN2CCOC(Cc3cccc(F)c3)C2)cc2c1OCO2. The predicted molar refractivity (Wildman–Crippen MR) is 94.2 cm³/mol. The fourth-order valence-electron chi connectivity index (χ4n) is 3.51. The molecule has 26 heavy (non-hydrogen) atoms. The van der Waals surface area contributed by atoms with Crippen molar-refractivity contribution < 1.29 is 23.3 Å². The molecule has 2 aromatic rings. The van der Waals surface area contributed by atoms with Gasteiger partial charge in [-0.15, -0.1) is 0 Å². The van der Waals surface area contributed by atoms with Gasteiger partial charge in [-0.3, -0.25) is 4.90 Å². The predicted octanol–water partition coefficient (Wildman–Crippen LogP) is 3.01. The van der Waals surface area contributed by atoms with Crippen molar-refractivity contribution in [3.63, 3.8) is 0 Å². The third-order valence-electron chi connectivity index (χ3n) is 4.70. The summed E-state index contributed by atoms with van der Waals surface area (Å²) in [4.78, 5) is 2.34. The van der Waals surface area contributed by atoms with Crippen molar-refractivity contribution >= 4 is 0 Å². The minimum absolute atomic E-state index is 0.0569. The molecule has 4 rings (SSSR count). The molecular formula is C20H22FNO4. The molecular weight excluding hydrogens is 337 g/mol. The number of methoxy groups -OCH3 is 1. The van der Waals surface area contributed by atoms with E-state index in [2.05, 4.69) is 4.90 Å². The van der Waals surface area contributed by atoms with Crippen LogP contribution in [0.25, 0.3) is 0 Å². The van der Waals surface area contributed by atoms with Gasteiger partial charge in [0.2, 0.25) is 12.5 Å². The van der Waals surface area contributed by atoms with Crippen molar-refractivity contribution in [2.45, 2.75) is 19.1 Å². The molecule has 0 saturated carbocycles. The van der Waals surface area contributed by atoms with Crippen LogP contribution in [0.1, 0.15) is 11.1 Å². The van der Waals surface area contributed by atoms with Crippen LogP contribution in [-0.2, 0) is 17.7 Å². The number of ether oxygens (including phenoxy) is 4. The number of halogens is 1.